The van der Waals surface area contributed by atoms with E-state index in [9.17, 15) is 9.59 Å². The molecule has 0 heterocycles. The van der Waals surface area contributed by atoms with E-state index in [0.29, 0.717) is 12.8 Å². The van der Waals surface area contributed by atoms with Crippen molar-refractivity contribution in [1.82, 2.24) is 0 Å². The maximum Gasteiger partial charge on any atom is 0.227 e. The van der Waals surface area contributed by atoms with Crippen LogP contribution in [0.15, 0.2) is 0 Å². The Labute approximate surface area is 86.1 Å². The summed E-state index contributed by atoms with van der Waals surface area (Å²) in [5.74, 6) is -0.978. The van der Waals surface area contributed by atoms with Crippen molar-refractivity contribution in [1.29, 1.82) is 0 Å². The molecule has 0 aromatic carbocycles. The second kappa shape index (κ2) is 7.54. The van der Waals surface area contributed by atoms with Crippen LogP contribution in [-0.2, 0) is 9.59 Å². The van der Waals surface area contributed by atoms with Gasteiger partial charge in [-0.2, -0.15) is 0 Å². The standard InChI is InChI=1S/C11H21NO2/c1-3-5-7-9(11(12)14)10(13)8-6-4-2/h9H,3-8H2,1-2H3,(H2,12,14). The minimum atomic E-state index is -0.540. The Morgan fingerprint density at radius 3 is 2.14 bits per heavy atom. The molecule has 0 aliphatic heterocycles. The van der Waals surface area contributed by atoms with Crippen molar-refractivity contribution in [3.63, 3.8) is 0 Å². The minimum absolute atomic E-state index is 0.0211. The van der Waals surface area contributed by atoms with Crippen molar-refractivity contribution in [3.8, 4) is 0 Å². The Hall–Kier alpha value is -0.860. The summed E-state index contributed by atoms with van der Waals surface area (Å²) in [6.45, 7) is 4.06. The summed E-state index contributed by atoms with van der Waals surface area (Å²) in [4.78, 5) is 22.6. The van der Waals surface area contributed by atoms with Crippen molar-refractivity contribution in [2.45, 2.75) is 52.4 Å². The Balaban J connectivity index is 4.05. The fraction of sp³-hybridized carbons (Fsp3) is 0.818. The van der Waals surface area contributed by atoms with Crippen molar-refractivity contribution in [2.24, 2.45) is 11.7 Å². The van der Waals surface area contributed by atoms with Gasteiger partial charge >= 0.3 is 0 Å². The normalized spacial score (nSPS) is 12.4. The van der Waals surface area contributed by atoms with E-state index >= 15 is 0 Å². The Bertz CT molecular complexity index is 190. The number of ketones is 1. The number of Topliss-reactive ketones (excluding diaryl/α,β-unsaturated/α-hetero) is 1. The summed E-state index contributed by atoms with van der Waals surface area (Å²) in [6, 6.07) is 0. The monoisotopic (exact) mass is 199 g/mol. The molecule has 3 heteroatoms. The number of rotatable bonds is 8. The topological polar surface area (TPSA) is 60.2 Å². The van der Waals surface area contributed by atoms with E-state index in [4.69, 9.17) is 5.73 Å². The summed E-state index contributed by atoms with van der Waals surface area (Å²) in [5, 5.41) is 0. The summed E-state index contributed by atoms with van der Waals surface area (Å²) in [6.07, 6.45) is 4.83. The molecule has 14 heavy (non-hydrogen) atoms. The van der Waals surface area contributed by atoms with Gasteiger partial charge in [0, 0.05) is 6.42 Å². The van der Waals surface area contributed by atoms with Gasteiger partial charge in [-0.05, 0) is 12.8 Å². The van der Waals surface area contributed by atoms with Gasteiger partial charge in [0.2, 0.25) is 5.91 Å². The predicted octanol–water partition coefficient (Wildman–Crippen LogP) is 2.04. The van der Waals surface area contributed by atoms with Crippen molar-refractivity contribution >= 4 is 11.7 Å². The van der Waals surface area contributed by atoms with E-state index in [2.05, 4.69) is 0 Å². The lowest BCUT2D eigenvalue weighted by molar-refractivity contribution is -0.132. The summed E-state index contributed by atoms with van der Waals surface area (Å²) < 4.78 is 0. The van der Waals surface area contributed by atoms with Crippen LogP contribution in [0.5, 0.6) is 0 Å². The Morgan fingerprint density at radius 2 is 1.71 bits per heavy atom. The van der Waals surface area contributed by atoms with E-state index in [-0.39, 0.29) is 5.78 Å². The molecule has 82 valence electrons. The first-order valence-electron chi connectivity index (χ1n) is 5.45. The highest BCUT2D eigenvalue weighted by molar-refractivity contribution is 6.00. The quantitative estimate of drug-likeness (QED) is 0.608. The molecule has 0 saturated heterocycles. The zero-order chi connectivity index (χ0) is 11.0. The number of carbonyl (C=O) groups excluding carboxylic acids is 2. The first-order chi connectivity index (χ1) is 6.63. The molecular formula is C11H21NO2. The summed E-state index contributed by atoms with van der Waals surface area (Å²) in [5.41, 5.74) is 5.19. The molecule has 1 unspecified atom stereocenters. The van der Waals surface area contributed by atoms with Gasteiger partial charge < -0.3 is 5.73 Å². The Morgan fingerprint density at radius 1 is 1.14 bits per heavy atom. The molecule has 0 spiro atoms. The zero-order valence-corrected chi connectivity index (χ0v) is 9.21. The number of amides is 1. The largest absolute Gasteiger partial charge is 0.369 e. The van der Waals surface area contributed by atoms with E-state index in [1.54, 1.807) is 0 Å². The predicted molar refractivity (Wildman–Crippen MR) is 56.7 cm³/mol. The highest BCUT2D eigenvalue weighted by atomic mass is 16.2. The molecule has 0 aliphatic rings. The van der Waals surface area contributed by atoms with Gasteiger partial charge in [-0.15, -0.1) is 0 Å². The van der Waals surface area contributed by atoms with Gasteiger partial charge in [0.05, 0.1) is 5.92 Å². The molecule has 0 rings (SSSR count). The summed E-state index contributed by atoms with van der Waals surface area (Å²) in [7, 11) is 0. The van der Waals surface area contributed by atoms with Crippen LogP contribution in [0.1, 0.15) is 52.4 Å². The van der Waals surface area contributed by atoms with Gasteiger partial charge in [-0.1, -0.05) is 33.1 Å². The van der Waals surface area contributed by atoms with E-state index in [1.165, 1.54) is 0 Å². The van der Waals surface area contributed by atoms with E-state index in [1.807, 2.05) is 13.8 Å². The Kier molecular flexibility index (Phi) is 7.07. The highest BCUT2D eigenvalue weighted by Crippen LogP contribution is 2.13. The van der Waals surface area contributed by atoms with Gasteiger partial charge in [0.25, 0.3) is 0 Å². The third kappa shape index (κ3) is 5.00. The molecule has 0 aromatic heterocycles. The first-order valence-corrected chi connectivity index (χ1v) is 5.45. The second-order valence-corrected chi connectivity index (χ2v) is 3.67. The molecule has 0 radical (unpaired) electrons. The number of nitrogens with two attached hydrogens (primary N) is 1. The highest BCUT2D eigenvalue weighted by Gasteiger charge is 2.22. The van der Waals surface area contributed by atoms with Crippen molar-refractivity contribution < 1.29 is 9.59 Å². The molecule has 1 atom stereocenters. The van der Waals surface area contributed by atoms with Crippen LogP contribution < -0.4 is 5.73 Å². The van der Waals surface area contributed by atoms with Crippen molar-refractivity contribution in [2.75, 3.05) is 0 Å². The number of primary amides is 1. The minimum Gasteiger partial charge on any atom is -0.369 e. The van der Waals surface area contributed by atoms with Crippen LogP contribution in [0.2, 0.25) is 0 Å². The second-order valence-electron chi connectivity index (χ2n) is 3.67. The zero-order valence-electron chi connectivity index (χ0n) is 9.21. The van der Waals surface area contributed by atoms with Crippen molar-refractivity contribution in [3.05, 3.63) is 0 Å². The molecule has 0 saturated carbocycles. The van der Waals surface area contributed by atoms with Crippen LogP contribution in [0.3, 0.4) is 0 Å². The van der Waals surface area contributed by atoms with Gasteiger partial charge in [-0.25, -0.2) is 0 Å². The molecule has 0 bridgehead atoms. The lowest BCUT2D eigenvalue weighted by atomic mass is 9.93. The molecule has 3 nitrogen and oxygen atoms in total. The van der Waals surface area contributed by atoms with Crippen LogP contribution in [0.25, 0.3) is 0 Å². The maximum atomic E-state index is 11.5. The molecule has 0 aromatic rings. The van der Waals surface area contributed by atoms with Crippen LogP contribution >= 0.6 is 0 Å². The summed E-state index contributed by atoms with van der Waals surface area (Å²) >= 11 is 0. The number of carbonyl (C=O) groups is 2. The number of unbranched alkanes of at least 4 members (excludes halogenated alkanes) is 2. The molecule has 1 amide bonds. The van der Waals surface area contributed by atoms with E-state index < -0.39 is 11.8 Å². The fourth-order valence-corrected chi connectivity index (χ4v) is 1.40. The van der Waals surface area contributed by atoms with Gasteiger partial charge in [0.1, 0.15) is 5.78 Å². The third-order valence-corrected chi connectivity index (χ3v) is 2.36. The molecule has 0 fully saturated rings. The smallest absolute Gasteiger partial charge is 0.227 e. The molecule has 2 N–H and O–H groups in total. The third-order valence-electron chi connectivity index (χ3n) is 2.36. The average Bonchev–Trinajstić information content (AvgIpc) is 2.14. The maximum absolute atomic E-state index is 11.5. The van der Waals surface area contributed by atoms with E-state index in [0.717, 1.165) is 25.7 Å². The lowest BCUT2D eigenvalue weighted by Crippen LogP contribution is -2.30. The van der Waals surface area contributed by atoms with Gasteiger partial charge in [-0.3, -0.25) is 9.59 Å². The molecular weight excluding hydrogens is 178 g/mol. The fourth-order valence-electron chi connectivity index (χ4n) is 1.40. The number of hydrogen-bond donors (Lipinski definition) is 1. The van der Waals surface area contributed by atoms with Crippen LogP contribution in [0, 0.1) is 5.92 Å². The van der Waals surface area contributed by atoms with Crippen LogP contribution in [0.4, 0.5) is 0 Å². The molecule has 0 aliphatic carbocycles. The first kappa shape index (κ1) is 13.1. The SMILES string of the molecule is CCCCC(=O)C(CCCC)C(N)=O. The van der Waals surface area contributed by atoms with Gasteiger partial charge in [0.15, 0.2) is 0 Å². The number of hydrogen-bond acceptors (Lipinski definition) is 2. The van der Waals surface area contributed by atoms with Crippen LogP contribution in [-0.4, -0.2) is 11.7 Å². The lowest BCUT2D eigenvalue weighted by Gasteiger charge is -2.10. The average molecular weight is 199 g/mol.